The van der Waals surface area contributed by atoms with Gasteiger partial charge in [0, 0.05) is 18.0 Å². The standard InChI is InChI=1S/C13H12F2N2O3/c14-13(15)20-10-4-3-8-5-9(12(18)19)17(11(8)16-10)6-7-1-2-7/h3-5,7,13H,1-2,6H2,(H,18,19)/p-1. The SMILES string of the molecule is O=C([O-])c1cc2ccc(OC(F)F)nc2n1CC1CC1. The number of carboxylic acids is 1. The molecule has 0 radical (unpaired) electrons. The summed E-state index contributed by atoms with van der Waals surface area (Å²) in [5.41, 5.74) is 0.336. The maximum Gasteiger partial charge on any atom is 0.388 e. The second-order valence-corrected chi connectivity index (χ2v) is 4.81. The topological polar surface area (TPSA) is 67.2 Å². The molecule has 0 unspecified atom stereocenters. The van der Waals surface area contributed by atoms with Gasteiger partial charge in [0.25, 0.3) is 0 Å². The fraction of sp³-hybridized carbons (Fsp3) is 0.385. The molecule has 1 saturated carbocycles. The average Bonchev–Trinajstić information content (AvgIpc) is 3.11. The van der Waals surface area contributed by atoms with Crippen molar-refractivity contribution in [1.82, 2.24) is 9.55 Å². The van der Waals surface area contributed by atoms with Gasteiger partial charge in [0.2, 0.25) is 5.88 Å². The normalized spacial score (nSPS) is 14.9. The number of aromatic carboxylic acids is 1. The van der Waals surface area contributed by atoms with Crippen LogP contribution in [0.15, 0.2) is 18.2 Å². The van der Waals surface area contributed by atoms with Crippen LogP contribution in [0.1, 0.15) is 23.3 Å². The van der Waals surface area contributed by atoms with Gasteiger partial charge in [-0.15, -0.1) is 0 Å². The van der Waals surface area contributed by atoms with E-state index in [1.54, 1.807) is 0 Å². The van der Waals surface area contributed by atoms with Crippen LogP contribution in [-0.4, -0.2) is 22.1 Å². The molecule has 0 spiro atoms. The van der Waals surface area contributed by atoms with Crippen molar-refractivity contribution in [3.05, 3.63) is 23.9 Å². The summed E-state index contributed by atoms with van der Waals surface area (Å²) in [5.74, 6) is -1.13. The number of carbonyl (C=O) groups excluding carboxylic acids is 1. The summed E-state index contributed by atoms with van der Waals surface area (Å²) in [4.78, 5) is 15.1. The number of fused-ring (bicyclic) bond motifs is 1. The van der Waals surface area contributed by atoms with Gasteiger partial charge in [0.1, 0.15) is 5.65 Å². The number of hydrogen-bond donors (Lipinski definition) is 0. The van der Waals surface area contributed by atoms with Crippen LogP contribution in [0.3, 0.4) is 0 Å². The summed E-state index contributed by atoms with van der Waals surface area (Å²) < 4.78 is 30.2. The van der Waals surface area contributed by atoms with Gasteiger partial charge in [-0.25, -0.2) is 0 Å². The summed E-state index contributed by atoms with van der Waals surface area (Å²) in [6.45, 7) is -2.47. The number of pyridine rings is 1. The third kappa shape index (κ3) is 2.43. The molecule has 7 heteroatoms. The fourth-order valence-corrected chi connectivity index (χ4v) is 2.18. The highest BCUT2D eigenvalue weighted by Crippen LogP contribution is 2.33. The van der Waals surface area contributed by atoms with Crippen molar-refractivity contribution >= 4 is 17.0 Å². The van der Waals surface area contributed by atoms with Gasteiger partial charge in [-0.05, 0) is 30.9 Å². The van der Waals surface area contributed by atoms with Crippen LogP contribution < -0.4 is 9.84 Å². The molecule has 3 rings (SSSR count). The monoisotopic (exact) mass is 281 g/mol. The molecule has 2 aromatic heterocycles. The molecule has 0 amide bonds. The second kappa shape index (κ2) is 4.73. The minimum atomic E-state index is -2.97. The van der Waals surface area contributed by atoms with Crippen molar-refractivity contribution in [2.75, 3.05) is 0 Å². The Morgan fingerprint density at radius 2 is 2.25 bits per heavy atom. The number of hydrogen-bond acceptors (Lipinski definition) is 4. The zero-order chi connectivity index (χ0) is 14.3. The predicted octanol–water partition coefficient (Wildman–Crippen LogP) is 1.41. The molecular weight excluding hydrogens is 270 g/mol. The van der Waals surface area contributed by atoms with Crippen LogP contribution in [0.25, 0.3) is 11.0 Å². The summed E-state index contributed by atoms with van der Waals surface area (Å²) >= 11 is 0. The Kier molecular flexibility index (Phi) is 3.04. The molecule has 106 valence electrons. The first-order valence-electron chi connectivity index (χ1n) is 6.21. The average molecular weight is 281 g/mol. The van der Waals surface area contributed by atoms with E-state index < -0.39 is 12.6 Å². The lowest BCUT2D eigenvalue weighted by Crippen LogP contribution is -2.26. The van der Waals surface area contributed by atoms with E-state index in [0.717, 1.165) is 12.8 Å². The van der Waals surface area contributed by atoms with Gasteiger partial charge in [-0.1, -0.05) is 0 Å². The Bertz CT molecular complexity index is 665. The van der Waals surface area contributed by atoms with Crippen LogP contribution >= 0.6 is 0 Å². The highest BCUT2D eigenvalue weighted by atomic mass is 19.3. The van der Waals surface area contributed by atoms with Crippen LogP contribution in [0.5, 0.6) is 5.88 Å². The third-order valence-electron chi connectivity index (χ3n) is 3.28. The Morgan fingerprint density at radius 1 is 1.50 bits per heavy atom. The molecule has 0 atom stereocenters. The van der Waals surface area contributed by atoms with Crippen molar-refractivity contribution in [3.8, 4) is 5.88 Å². The minimum absolute atomic E-state index is 0.00796. The quantitative estimate of drug-likeness (QED) is 0.831. The Hall–Kier alpha value is -2.18. The van der Waals surface area contributed by atoms with Gasteiger partial charge in [0.15, 0.2) is 0 Å². The lowest BCUT2D eigenvalue weighted by molar-refractivity contribution is -0.255. The molecule has 20 heavy (non-hydrogen) atoms. The van der Waals surface area contributed by atoms with Crippen molar-refractivity contribution in [2.24, 2.45) is 5.92 Å². The van der Waals surface area contributed by atoms with Crippen LogP contribution in [0.4, 0.5) is 8.78 Å². The molecule has 0 N–H and O–H groups in total. The summed E-state index contributed by atoms with van der Waals surface area (Å²) in [5, 5.41) is 11.7. The van der Waals surface area contributed by atoms with Gasteiger partial charge in [-0.3, -0.25) is 0 Å². The number of carboxylic acid groups (broad SMARTS) is 1. The first kappa shape index (κ1) is 12.8. The number of ether oxygens (including phenoxy) is 1. The number of aromatic nitrogens is 2. The van der Waals surface area contributed by atoms with Crippen LogP contribution in [0, 0.1) is 5.92 Å². The zero-order valence-electron chi connectivity index (χ0n) is 10.4. The Labute approximate surface area is 112 Å². The maximum absolute atomic E-state index is 12.2. The molecule has 1 fully saturated rings. The number of halogens is 2. The van der Waals surface area contributed by atoms with Crippen LogP contribution in [-0.2, 0) is 6.54 Å². The lowest BCUT2D eigenvalue weighted by atomic mass is 10.3. The van der Waals surface area contributed by atoms with E-state index in [2.05, 4.69) is 9.72 Å². The van der Waals surface area contributed by atoms with E-state index in [0.29, 0.717) is 23.5 Å². The molecule has 2 aromatic rings. The number of alkyl halides is 2. The van der Waals surface area contributed by atoms with E-state index in [9.17, 15) is 18.7 Å². The molecule has 1 aliphatic rings. The van der Waals surface area contributed by atoms with Crippen molar-refractivity contribution in [2.45, 2.75) is 26.0 Å². The van der Waals surface area contributed by atoms with E-state index in [1.165, 1.54) is 22.8 Å². The van der Waals surface area contributed by atoms with Gasteiger partial charge in [-0.2, -0.15) is 13.8 Å². The lowest BCUT2D eigenvalue weighted by Gasteiger charge is -2.10. The second-order valence-electron chi connectivity index (χ2n) is 4.81. The Morgan fingerprint density at radius 3 is 2.85 bits per heavy atom. The maximum atomic E-state index is 12.2. The molecule has 0 bridgehead atoms. The first-order valence-corrected chi connectivity index (χ1v) is 6.21. The summed E-state index contributed by atoms with van der Waals surface area (Å²) in [6.07, 6.45) is 2.05. The van der Waals surface area contributed by atoms with Crippen molar-refractivity contribution in [3.63, 3.8) is 0 Å². The van der Waals surface area contributed by atoms with Gasteiger partial charge >= 0.3 is 6.61 Å². The number of carbonyl (C=O) groups is 1. The molecule has 2 heterocycles. The zero-order valence-corrected chi connectivity index (χ0v) is 10.4. The largest absolute Gasteiger partial charge is 0.543 e. The molecule has 0 saturated heterocycles. The van der Waals surface area contributed by atoms with E-state index >= 15 is 0 Å². The first-order chi connectivity index (χ1) is 9.54. The molecule has 0 aromatic carbocycles. The molecular formula is C13H11F2N2O3-. The smallest absolute Gasteiger partial charge is 0.388 e. The summed E-state index contributed by atoms with van der Waals surface area (Å²) in [7, 11) is 0. The van der Waals surface area contributed by atoms with Crippen LogP contribution in [0.2, 0.25) is 0 Å². The fourth-order valence-electron chi connectivity index (χ4n) is 2.18. The van der Waals surface area contributed by atoms with Crippen molar-refractivity contribution in [1.29, 1.82) is 0 Å². The molecule has 0 aliphatic heterocycles. The number of rotatable bonds is 5. The summed E-state index contributed by atoms with van der Waals surface area (Å²) in [6, 6.07) is 4.23. The molecule has 1 aliphatic carbocycles. The highest BCUT2D eigenvalue weighted by Gasteiger charge is 2.24. The van der Waals surface area contributed by atoms with Gasteiger partial charge in [0.05, 0.1) is 11.7 Å². The van der Waals surface area contributed by atoms with E-state index in [4.69, 9.17) is 0 Å². The van der Waals surface area contributed by atoms with Crippen molar-refractivity contribution < 1.29 is 23.4 Å². The minimum Gasteiger partial charge on any atom is -0.543 e. The predicted molar refractivity (Wildman–Crippen MR) is 63.4 cm³/mol. The number of nitrogens with zero attached hydrogens (tertiary/aromatic N) is 2. The highest BCUT2D eigenvalue weighted by molar-refractivity contribution is 5.92. The third-order valence-corrected chi connectivity index (χ3v) is 3.28. The van der Waals surface area contributed by atoms with E-state index in [1.807, 2.05) is 0 Å². The van der Waals surface area contributed by atoms with E-state index in [-0.39, 0.29) is 11.6 Å². The van der Waals surface area contributed by atoms with Gasteiger partial charge < -0.3 is 19.2 Å². The Balaban J connectivity index is 2.07. The molecule has 5 nitrogen and oxygen atoms in total.